The Hall–Kier alpha value is -0.0800. The maximum absolute atomic E-state index is 10.5. The van der Waals surface area contributed by atoms with Crippen LogP contribution in [0.3, 0.4) is 0 Å². The number of hydrogen-bond acceptors (Lipinski definition) is 2. The zero-order chi connectivity index (χ0) is 11.3. The van der Waals surface area contributed by atoms with Gasteiger partial charge >= 0.3 is 0 Å². The van der Waals surface area contributed by atoms with Crippen LogP contribution in [0.5, 0.6) is 0 Å². The average Bonchev–Trinajstić information content (AvgIpc) is 2.13. The van der Waals surface area contributed by atoms with Gasteiger partial charge in [0.15, 0.2) is 0 Å². The maximum atomic E-state index is 10.5. The maximum Gasteiger partial charge on any atom is 0.0611 e. The molecular weight excluding hydrogens is 198 g/mol. The Balaban J connectivity index is 1.77. The highest BCUT2D eigenvalue weighted by atomic mass is 16.3. The molecule has 0 radical (unpaired) electrons. The van der Waals surface area contributed by atoms with Crippen LogP contribution >= 0.6 is 0 Å². The van der Waals surface area contributed by atoms with E-state index in [0.29, 0.717) is 0 Å². The first-order valence-corrected chi connectivity index (χ1v) is 7.01. The van der Waals surface area contributed by atoms with E-state index in [1.165, 1.54) is 38.5 Å². The second kappa shape index (κ2) is 3.71. The van der Waals surface area contributed by atoms with E-state index in [1.807, 2.05) is 6.92 Å². The molecule has 4 aliphatic rings. The highest BCUT2D eigenvalue weighted by Gasteiger charge is 2.53. The number of aliphatic hydroxyl groups is 1. The summed E-state index contributed by atoms with van der Waals surface area (Å²) in [7, 11) is 0. The highest BCUT2D eigenvalue weighted by molar-refractivity contribution is 5.04. The van der Waals surface area contributed by atoms with Gasteiger partial charge in [0.1, 0.15) is 0 Å². The minimum atomic E-state index is -0.138. The molecule has 2 atom stereocenters. The van der Waals surface area contributed by atoms with Crippen molar-refractivity contribution in [2.24, 2.45) is 28.9 Å². The van der Waals surface area contributed by atoms with Crippen molar-refractivity contribution in [2.45, 2.75) is 64.0 Å². The van der Waals surface area contributed by atoms with Crippen LogP contribution in [0.4, 0.5) is 0 Å². The SMILES string of the molecule is CC(N)CC(O)C12CC3CC(CC(C3)C1)C2. The lowest BCUT2D eigenvalue weighted by Crippen LogP contribution is -2.52. The summed E-state index contributed by atoms with van der Waals surface area (Å²) in [5, 5.41) is 10.5. The van der Waals surface area contributed by atoms with Gasteiger partial charge < -0.3 is 10.8 Å². The van der Waals surface area contributed by atoms with Crippen molar-refractivity contribution in [3.8, 4) is 0 Å². The van der Waals surface area contributed by atoms with Crippen LogP contribution in [-0.4, -0.2) is 17.3 Å². The number of aliphatic hydroxyl groups excluding tert-OH is 1. The molecule has 92 valence electrons. The third-order valence-corrected chi connectivity index (χ3v) is 5.39. The van der Waals surface area contributed by atoms with Crippen LogP contribution in [-0.2, 0) is 0 Å². The van der Waals surface area contributed by atoms with E-state index < -0.39 is 0 Å². The Morgan fingerprint density at radius 1 is 1.12 bits per heavy atom. The van der Waals surface area contributed by atoms with Crippen molar-refractivity contribution in [1.29, 1.82) is 0 Å². The van der Waals surface area contributed by atoms with E-state index >= 15 is 0 Å². The lowest BCUT2D eigenvalue weighted by molar-refractivity contribution is -0.123. The molecule has 0 aromatic rings. The first-order chi connectivity index (χ1) is 7.57. The summed E-state index contributed by atoms with van der Waals surface area (Å²) >= 11 is 0. The molecule has 2 nitrogen and oxygen atoms in total. The van der Waals surface area contributed by atoms with Crippen LogP contribution in [0.15, 0.2) is 0 Å². The van der Waals surface area contributed by atoms with Crippen molar-refractivity contribution in [1.82, 2.24) is 0 Å². The van der Waals surface area contributed by atoms with Crippen LogP contribution in [0.25, 0.3) is 0 Å². The summed E-state index contributed by atoms with van der Waals surface area (Å²) in [5.41, 5.74) is 6.12. The zero-order valence-corrected chi connectivity index (χ0v) is 10.4. The summed E-state index contributed by atoms with van der Waals surface area (Å²) in [6.07, 6.45) is 8.86. The fourth-order valence-corrected chi connectivity index (χ4v) is 5.19. The molecule has 0 spiro atoms. The molecule has 4 fully saturated rings. The number of rotatable bonds is 3. The van der Waals surface area contributed by atoms with E-state index in [4.69, 9.17) is 5.73 Å². The van der Waals surface area contributed by atoms with Crippen molar-refractivity contribution in [3.63, 3.8) is 0 Å². The zero-order valence-electron chi connectivity index (χ0n) is 10.4. The van der Waals surface area contributed by atoms with Crippen LogP contribution < -0.4 is 5.73 Å². The van der Waals surface area contributed by atoms with E-state index in [1.54, 1.807) is 0 Å². The number of hydrogen-bond donors (Lipinski definition) is 2. The first-order valence-electron chi connectivity index (χ1n) is 7.01. The molecule has 2 unspecified atom stereocenters. The molecule has 0 aliphatic heterocycles. The van der Waals surface area contributed by atoms with Crippen molar-refractivity contribution in [2.75, 3.05) is 0 Å². The minimum absolute atomic E-state index is 0.138. The molecule has 0 saturated heterocycles. The van der Waals surface area contributed by atoms with Crippen molar-refractivity contribution < 1.29 is 5.11 Å². The van der Waals surface area contributed by atoms with Gasteiger partial charge in [-0.15, -0.1) is 0 Å². The van der Waals surface area contributed by atoms with E-state index in [2.05, 4.69) is 0 Å². The Labute approximate surface area is 98.6 Å². The van der Waals surface area contributed by atoms with Gasteiger partial charge in [-0.3, -0.25) is 0 Å². The van der Waals surface area contributed by atoms with Crippen molar-refractivity contribution >= 4 is 0 Å². The summed E-state index contributed by atoms with van der Waals surface area (Å²) in [6, 6.07) is 0.142. The fraction of sp³-hybridized carbons (Fsp3) is 1.00. The Morgan fingerprint density at radius 2 is 1.56 bits per heavy atom. The molecule has 2 heteroatoms. The molecule has 4 saturated carbocycles. The molecule has 16 heavy (non-hydrogen) atoms. The van der Waals surface area contributed by atoms with Crippen LogP contribution in [0, 0.1) is 23.2 Å². The topological polar surface area (TPSA) is 46.2 Å². The summed E-state index contributed by atoms with van der Waals surface area (Å²) < 4.78 is 0. The Bertz CT molecular complexity index is 239. The predicted molar refractivity (Wildman–Crippen MR) is 64.9 cm³/mol. The highest BCUT2D eigenvalue weighted by Crippen LogP contribution is 2.61. The normalized spacial score (nSPS) is 49.3. The van der Waals surface area contributed by atoms with Gasteiger partial charge in [0.05, 0.1) is 6.10 Å². The summed E-state index contributed by atoms with van der Waals surface area (Å²) in [4.78, 5) is 0. The quantitative estimate of drug-likeness (QED) is 0.771. The lowest BCUT2D eigenvalue weighted by atomic mass is 9.48. The third-order valence-electron chi connectivity index (χ3n) is 5.39. The lowest BCUT2D eigenvalue weighted by Gasteiger charge is -2.58. The molecule has 0 heterocycles. The molecule has 4 bridgehead atoms. The third kappa shape index (κ3) is 1.70. The van der Waals surface area contributed by atoms with Gasteiger partial charge in [0, 0.05) is 6.04 Å². The van der Waals surface area contributed by atoms with E-state index in [9.17, 15) is 5.11 Å². The summed E-state index contributed by atoms with van der Waals surface area (Å²) in [6.45, 7) is 2.02. The van der Waals surface area contributed by atoms with Gasteiger partial charge in [0.2, 0.25) is 0 Å². The molecular formula is C14H25NO. The summed E-state index contributed by atoms with van der Waals surface area (Å²) in [5.74, 6) is 2.77. The Kier molecular flexibility index (Phi) is 2.56. The van der Waals surface area contributed by atoms with Gasteiger partial charge in [0.25, 0.3) is 0 Å². The predicted octanol–water partition coefficient (Wildman–Crippen LogP) is 2.30. The van der Waals surface area contributed by atoms with Gasteiger partial charge in [-0.25, -0.2) is 0 Å². The fourth-order valence-electron chi connectivity index (χ4n) is 5.19. The standard InChI is InChI=1S/C14H25NO/c1-9(15)2-13(16)14-6-10-3-11(7-14)5-12(4-10)8-14/h9-13,16H,2-8,15H2,1H3. The molecule has 0 aromatic heterocycles. The molecule has 4 rings (SSSR count). The Morgan fingerprint density at radius 3 is 1.94 bits per heavy atom. The van der Waals surface area contributed by atoms with Crippen molar-refractivity contribution in [3.05, 3.63) is 0 Å². The second-order valence-corrected chi connectivity index (χ2v) is 7.01. The molecule has 0 aromatic carbocycles. The molecule has 4 aliphatic carbocycles. The monoisotopic (exact) mass is 223 g/mol. The first kappa shape index (κ1) is 11.0. The smallest absolute Gasteiger partial charge is 0.0611 e. The van der Waals surface area contributed by atoms with Crippen LogP contribution in [0.2, 0.25) is 0 Å². The molecule has 0 amide bonds. The second-order valence-electron chi connectivity index (χ2n) is 7.01. The van der Waals surface area contributed by atoms with E-state index in [0.717, 1.165) is 24.2 Å². The van der Waals surface area contributed by atoms with E-state index in [-0.39, 0.29) is 17.6 Å². The van der Waals surface area contributed by atoms with Gasteiger partial charge in [-0.2, -0.15) is 0 Å². The minimum Gasteiger partial charge on any atom is -0.392 e. The van der Waals surface area contributed by atoms with Gasteiger partial charge in [-0.05, 0) is 75.0 Å². The average molecular weight is 223 g/mol. The molecule has 3 N–H and O–H groups in total. The number of nitrogens with two attached hydrogens (primary N) is 1. The largest absolute Gasteiger partial charge is 0.392 e. The van der Waals surface area contributed by atoms with Gasteiger partial charge in [-0.1, -0.05) is 0 Å². The van der Waals surface area contributed by atoms with Crippen LogP contribution in [0.1, 0.15) is 51.9 Å².